The highest BCUT2D eigenvalue weighted by Crippen LogP contribution is 2.33. The van der Waals surface area contributed by atoms with Crippen molar-refractivity contribution in [2.75, 3.05) is 20.2 Å². The van der Waals surface area contributed by atoms with Crippen LogP contribution in [0.5, 0.6) is 5.75 Å². The van der Waals surface area contributed by atoms with Crippen molar-refractivity contribution in [2.24, 2.45) is 0 Å². The molecule has 0 bridgehead atoms. The molecule has 3 aromatic rings. The summed E-state index contributed by atoms with van der Waals surface area (Å²) < 4.78 is 44.0. The van der Waals surface area contributed by atoms with Gasteiger partial charge < -0.3 is 9.72 Å². The maximum absolute atomic E-state index is 12.8. The SMILES string of the molecule is COc1ccc(-c2ccncc2)cc1CN1CCC(c2ncc(C(F)(F)F)[nH]2)CC1. The lowest BCUT2D eigenvalue weighted by Crippen LogP contribution is -2.33. The number of hydrogen-bond acceptors (Lipinski definition) is 4. The molecule has 8 heteroatoms. The minimum Gasteiger partial charge on any atom is -0.496 e. The summed E-state index contributed by atoms with van der Waals surface area (Å²) in [4.78, 5) is 12.8. The summed E-state index contributed by atoms with van der Waals surface area (Å²) in [5.41, 5.74) is 2.49. The van der Waals surface area contributed by atoms with Crippen molar-refractivity contribution < 1.29 is 17.9 Å². The van der Waals surface area contributed by atoms with Gasteiger partial charge in [-0.05, 0) is 61.3 Å². The molecule has 1 aliphatic heterocycles. The smallest absolute Gasteiger partial charge is 0.432 e. The molecule has 158 valence electrons. The first-order valence-electron chi connectivity index (χ1n) is 9.86. The van der Waals surface area contributed by atoms with Crippen LogP contribution in [0.2, 0.25) is 0 Å². The van der Waals surface area contributed by atoms with Gasteiger partial charge in [0.05, 0.1) is 13.3 Å². The lowest BCUT2D eigenvalue weighted by molar-refractivity contribution is -0.141. The Kier molecular flexibility index (Phi) is 5.76. The molecule has 0 atom stereocenters. The minimum absolute atomic E-state index is 0.0161. The molecule has 1 aliphatic rings. The number of H-pyrrole nitrogens is 1. The first-order chi connectivity index (χ1) is 14.4. The largest absolute Gasteiger partial charge is 0.496 e. The molecule has 1 N–H and O–H groups in total. The van der Waals surface area contributed by atoms with Gasteiger partial charge in [0.25, 0.3) is 0 Å². The molecular formula is C22H23F3N4O. The van der Waals surface area contributed by atoms with E-state index in [4.69, 9.17) is 4.74 Å². The molecule has 1 fully saturated rings. The van der Waals surface area contributed by atoms with Crippen molar-refractivity contribution in [3.8, 4) is 16.9 Å². The van der Waals surface area contributed by atoms with E-state index in [2.05, 4.69) is 25.9 Å². The average molecular weight is 416 g/mol. The quantitative estimate of drug-likeness (QED) is 0.644. The Morgan fingerprint density at radius 2 is 1.83 bits per heavy atom. The molecule has 0 spiro atoms. The van der Waals surface area contributed by atoms with E-state index in [-0.39, 0.29) is 5.92 Å². The second kappa shape index (κ2) is 8.47. The Bertz CT molecular complexity index is 980. The molecule has 0 radical (unpaired) electrons. The molecule has 2 aromatic heterocycles. The second-order valence-electron chi connectivity index (χ2n) is 7.49. The van der Waals surface area contributed by atoms with Crippen LogP contribution in [0.25, 0.3) is 11.1 Å². The van der Waals surface area contributed by atoms with Crippen molar-refractivity contribution in [3.05, 3.63) is 66.0 Å². The molecule has 0 aliphatic carbocycles. The number of aromatic amines is 1. The summed E-state index contributed by atoms with van der Waals surface area (Å²) in [6, 6.07) is 10.1. The third kappa shape index (κ3) is 4.48. The molecule has 30 heavy (non-hydrogen) atoms. The average Bonchev–Trinajstić information content (AvgIpc) is 3.26. The van der Waals surface area contributed by atoms with Crippen LogP contribution in [0.1, 0.15) is 35.8 Å². The number of rotatable bonds is 5. The van der Waals surface area contributed by atoms with Crippen LogP contribution in [0.4, 0.5) is 13.2 Å². The first-order valence-corrected chi connectivity index (χ1v) is 9.86. The number of ether oxygens (including phenoxy) is 1. The van der Waals surface area contributed by atoms with Crippen LogP contribution in [0.15, 0.2) is 48.9 Å². The summed E-state index contributed by atoms with van der Waals surface area (Å²) in [7, 11) is 1.66. The number of nitrogens with zero attached hydrogens (tertiary/aromatic N) is 3. The predicted octanol–water partition coefficient (Wildman–Crippen LogP) is 4.88. The van der Waals surface area contributed by atoms with Crippen molar-refractivity contribution in [2.45, 2.75) is 31.5 Å². The standard InChI is InChI=1S/C22H23F3N4O/c1-30-19-3-2-17(15-4-8-26-9-5-15)12-18(19)14-29-10-6-16(7-11-29)21-27-13-20(28-21)22(23,24)25/h2-5,8-9,12-13,16H,6-7,10-11,14H2,1H3,(H,27,28). The Labute approximate surface area is 172 Å². The van der Waals surface area contributed by atoms with Gasteiger partial charge in [-0.1, -0.05) is 6.07 Å². The van der Waals surface area contributed by atoms with Crippen LogP contribution in [-0.2, 0) is 12.7 Å². The molecule has 1 saturated heterocycles. The fourth-order valence-electron chi connectivity index (χ4n) is 3.92. The number of imidazole rings is 1. The Hall–Kier alpha value is -2.87. The maximum atomic E-state index is 12.8. The van der Waals surface area contributed by atoms with E-state index in [9.17, 15) is 13.2 Å². The summed E-state index contributed by atoms with van der Waals surface area (Å²) >= 11 is 0. The van der Waals surface area contributed by atoms with E-state index in [0.29, 0.717) is 5.82 Å². The van der Waals surface area contributed by atoms with Gasteiger partial charge in [-0.25, -0.2) is 4.98 Å². The molecule has 5 nitrogen and oxygen atoms in total. The van der Waals surface area contributed by atoms with Gasteiger partial charge in [0.2, 0.25) is 0 Å². The number of piperidine rings is 1. The zero-order valence-electron chi connectivity index (χ0n) is 16.6. The fourth-order valence-corrected chi connectivity index (χ4v) is 3.92. The highest BCUT2D eigenvalue weighted by atomic mass is 19.4. The molecule has 0 saturated carbocycles. The van der Waals surface area contributed by atoms with Crippen molar-refractivity contribution >= 4 is 0 Å². The van der Waals surface area contributed by atoms with Crippen molar-refractivity contribution in [1.82, 2.24) is 19.9 Å². The van der Waals surface area contributed by atoms with Gasteiger partial charge >= 0.3 is 6.18 Å². The van der Waals surface area contributed by atoms with Crippen LogP contribution >= 0.6 is 0 Å². The van der Waals surface area contributed by atoms with Gasteiger partial charge in [-0.2, -0.15) is 13.2 Å². The zero-order chi connectivity index (χ0) is 21.1. The highest BCUT2D eigenvalue weighted by molar-refractivity contribution is 5.65. The topological polar surface area (TPSA) is 54.0 Å². The molecule has 3 heterocycles. The van der Waals surface area contributed by atoms with Gasteiger partial charge in [0, 0.05) is 30.4 Å². The second-order valence-corrected chi connectivity index (χ2v) is 7.49. The number of hydrogen-bond donors (Lipinski definition) is 1. The van der Waals surface area contributed by atoms with Crippen LogP contribution in [-0.4, -0.2) is 40.1 Å². The number of methoxy groups -OCH3 is 1. The number of alkyl halides is 3. The maximum Gasteiger partial charge on any atom is 0.432 e. The van der Waals surface area contributed by atoms with Crippen LogP contribution in [0, 0.1) is 0 Å². The van der Waals surface area contributed by atoms with Crippen molar-refractivity contribution in [3.63, 3.8) is 0 Å². The third-order valence-electron chi connectivity index (χ3n) is 5.56. The number of pyridine rings is 1. The minimum atomic E-state index is -4.39. The number of nitrogens with one attached hydrogen (secondary N) is 1. The number of halogens is 3. The van der Waals surface area contributed by atoms with Gasteiger partial charge in [0.15, 0.2) is 0 Å². The van der Waals surface area contributed by atoms with Gasteiger partial charge in [-0.15, -0.1) is 0 Å². The van der Waals surface area contributed by atoms with Crippen LogP contribution in [0.3, 0.4) is 0 Å². The molecule has 0 unspecified atom stereocenters. The molecular weight excluding hydrogens is 393 g/mol. The van der Waals surface area contributed by atoms with E-state index in [1.54, 1.807) is 19.5 Å². The zero-order valence-corrected chi connectivity index (χ0v) is 16.6. The lowest BCUT2D eigenvalue weighted by Gasteiger charge is -2.31. The Morgan fingerprint density at radius 3 is 2.47 bits per heavy atom. The molecule has 1 aromatic carbocycles. The Balaban J connectivity index is 1.43. The number of aromatic nitrogens is 3. The number of benzene rings is 1. The highest BCUT2D eigenvalue weighted by Gasteiger charge is 2.34. The van der Waals surface area contributed by atoms with Crippen LogP contribution < -0.4 is 4.74 Å². The molecule has 0 amide bonds. The third-order valence-corrected chi connectivity index (χ3v) is 5.56. The summed E-state index contributed by atoms with van der Waals surface area (Å²) in [6.07, 6.45) is 1.56. The number of likely N-dealkylation sites (tertiary alicyclic amines) is 1. The van der Waals surface area contributed by atoms with E-state index < -0.39 is 11.9 Å². The summed E-state index contributed by atoms with van der Waals surface area (Å²) in [6.45, 7) is 2.30. The fraction of sp³-hybridized carbons (Fsp3) is 0.364. The van der Waals surface area contributed by atoms with Gasteiger partial charge in [-0.3, -0.25) is 9.88 Å². The van der Waals surface area contributed by atoms with Crippen molar-refractivity contribution in [1.29, 1.82) is 0 Å². The summed E-state index contributed by atoms with van der Waals surface area (Å²) in [5, 5.41) is 0. The normalized spacial score (nSPS) is 16.0. The predicted molar refractivity (Wildman–Crippen MR) is 107 cm³/mol. The van der Waals surface area contributed by atoms with E-state index in [1.807, 2.05) is 24.3 Å². The summed E-state index contributed by atoms with van der Waals surface area (Å²) in [5.74, 6) is 1.28. The first kappa shape index (κ1) is 20.4. The Morgan fingerprint density at radius 1 is 1.10 bits per heavy atom. The lowest BCUT2D eigenvalue weighted by atomic mass is 9.95. The van der Waals surface area contributed by atoms with Gasteiger partial charge in [0.1, 0.15) is 17.3 Å². The van der Waals surface area contributed by atoms with E-state index in [0.717, 1.165) is 61.1 Å². The van der Waals surface area contributed by atoms with E-state index >= 15 is 0 Å². The van der Waals surface area contributed by atoms with E-state index in [1.165, 1.54) is 0 Å². The molecule has 4 rings (SSSR count). The monoisotopic (exact) mass is 416 g/mol.